The van der Waals surface area contributed by atoms with Gasteiger partial charge >= 0.3 is 12.0 Å². The zero-order valence-corrected chi connectivity index (χ0v) is 11.6. The predicted molar refractivity (Wildman–Crippen MR) is 76.6 cm³/mol. The smallest absolute Gasteiger partial charge is 0.319 e. The van der Waals surface area contributed by atoms with Crippen molar-refractivity contribution in [3.63, 3.8) is 0 Å². The molecular weight excluding hydrogens is 256 g/mol. The van der Waals surface area contributed by atoms with Crippen molar-refractivity contribution in [3.05, 3.63) is 30.3 Å². The SMILES string of the molecule is CC1(C(=O)O)CCCCC1NC(=O)Nc1ccccc1. The molecule has 1 aliphatic rings. The minimum atomic E-state index is -0.883. The topological polar surface area (TPSA) is 78.4 Å². The van der Waals surface area contributed by atoms with Gasteiger partial charge in [0, 0.05) is 11.7 Å². The Morgan fingerprint density at radius 3 is 2.60 bits per heavy atom. The van der Waals surface area contributed by atoms with E-state index in [0.717, 1.165) is 12.8 Å². The lowest BCUT2D eigenvalue weighted by Crippen LogP contribution is -2.53. The van der Waals surface area contributed by atoms with Gasteiger partial charge in [-0.1, -0.05) is 31.0 Å². The van der Waals surface area contributed by atoms with E-state index in [2.05, 4.69) is 10.6 Å². The van der Waals surface area contributed by atoms with E-state index >= 15 is 0 Å². The summed E-state index contributed by atoms with van der Waals surface area (Å²) in [5.74, 6) is -0.845. The molecule has 108 valence electrons. The van der Waals surface area contributed by atoms with Crippen LogP contribution >= 0.6 is 0 Å². The number of anilines is 1. The Hall–Kier alpha value is -2.04. The average molecular weight is 276 g/mol. The molecule has 5 nitrogen and oxygen atoms in total. The van der Waals surface area contributed by atoms with Crippen molar-refractivity contribution in [2.75, 3.05) is 5.32 Å². The maximum atomic E-state index is 12.0. The van der Waals surface area contributed by atoms with E-state index in [1.807, 2.05) is 18.2 Å². The molecule has 1 aromatic carbocycles. The molecule has 0 aliphatic heterocycles. The number of carbonyl (C=O) groups is 2. The summed E-state index contributed by atoms with van der Waals surface area (Å²) in [5, 5.41) is 14.9. The number of para-hydroxylation sites is 1. The van der Waals surface area contributed by atoms with Crippen molar-refractivity contribution in [2.45, 2.75) is 38.6 Å². The third-order valence-corrected chi connectivity index (χ3v) is 4.03. The highest BCUT2D eigenvalue weighted by Gasteiger charge is 2.43. The highest BCUT2D eigenvalue weighted by Crippen LogP contribution is 2.36. The number of nitrogens with one attached hydrogen (secondary N) is 2. The first kappa shape index (κ1) is 14.4. The third kappa shape index (κ3) is 3.10. The van der Waals surface area contributed by atoms with Crippen LogP contribution in [0.15, 0.2) is 30.3 Å². The maximum Gasteiger partial charge on any atom is 0.319 e. The lowest BCUT2D eigenvalue weighted by molar-refractivity contribution is -0.151. The second kappa shape index (κ2) is 5.94. The van der Waals surface area contributed by atoms with Gasteiger partial charge in [-0.2, -0.15) is 0 Å². The highest BCUT2D eigenvalue weighted by molar-refractivity contribution is 5.90. The van der Waals surface area contributed by atoms with Crippen LogP contribution in [0.4, 0.5) is 10.5 Å². The van der Waals surface area contributed by atoms with E-state index in [1.54, 1.807) is 19.1 Å². The van der Waals surface area contributed by atoms with E-state index in [4.69, 9.17) is 0 Å². The Bertz CT molecular complexity index is 489. The zero-order chi connectivity index (χ0) is 14.6. The molecule has 3 N–H and O–H groups in total. The number of aliphatic carboxylic acids is 1. The first-order valence-corrected chi connectivity index (χ1v) is 6.88. The molecule has 2 unspecified atom stereocenters. The number of rotatable bonds is 3. The van der Waals surface area contributed by atoms with Gasteiger partial charge in [0.15, 0.2) is 0 Å². The van der Waals surface area contributed by atoms with E-state index in [9.17, 15) is 14.7 Å². The van der Waals surface area contributed by atoms with Gasteiger partial charge in [-0.15, -0.1) is 0 Å². The molecule has 0 radical (unpaired) electrons. The quantitative estimate of drug-likeness (QED) is 0.794. The van der Waals surface area contributed by atoms with E-state index in [-0.39, 0.29) is 12.1 Å². The largest absolute Gasteiger partial charge is 0.481 e. The Balaban J connectivity index is 2.00. The molecule has 5 heteroatoms. The van der Waals surface area contributed by atoms with Crippen LogP contribution in [0.25, 0.3) is 0 Å². The van der Waals surface area contributed by atoms with Crippen molar-refractivity contribution in [1.29, 1.82) is 0 Å². The van der Waals surface area contributed by atoms with Crippen LogP contribution < -0.4 is 10.6 Å². The van der Waals surface area contributed by atoms with Gasteiger partial charge in [-0.3, -0.25) is 4.79 Å². The highest BCUT2D eigenvalue weighted by atomic mass is 16.4. The van der Waals surface area contributed by atoms with Gasteiger partial charge in [-0.05, 0) is 31.9 Å². The lowest BCUT2D eigenvalue weighted by Gasteiger charge is -2.38. The summed E-state index contributed by atoms with van der Waals surface area (Å²) in [5.41, 5.74) is -0.190. The minimum absolute atomic E-state index is 0.336. The first-order chi connectivity index (χ1) is 9.52. The number of carboxylic acid groups (broad SMARTS) is 1. The van der Waals surface area contributed by atoms with Crippen molar-refractivity contribution >= 4 is 17.7 Å². The Kier molecular flexibility index (Phi) is 4.27. The summed E-state index contributed by atoms with van der Waals surface area (Å²) in [6, 6.07) is 8.42. The molecule has 0 spiro atoms. The number of urea groups is 1. The van der Waals surface area contributed by atoms with Gasteiger partial charge < -0.3 is 15.7 Å². The number of carboxylic acids is 1. The monoisotopic (exact) mass is 276 g/mol. The average Bonchev–Trinajstić information content (AvgIpc) is 2.42. The molecule has 2 rings (SSSR count). The summed E-state index contributed by atoms with van der Waals surface area (Å²) in [6.45, 7) is 1.71. The number of hydrogen-bond donors (Lipinski definition) is 3. The molecule has 2 atom stereocenters. The lowest BCUT2D eigenvalue weighted by atomic mass is 9.72. The van der Waals surface area contributed by atoms with Crippen LogP contribution in [-0.2, 0) is 4.79 Å². The van der Waals surface area contributed by atoms with Gasteiger partial charge in [-0.25, -0.2) is 4.79 Å². The van der Waals surface area contributed by atoms with E-state index in [0.29, 0.717) is 18.5 Å². The van der Waals surface area contributed by atoms with Gasteiger partial charge in [0.1, 0.15) is 0 Å². The molecule has 0 saturated heterocycles. The number of benzene rings is 1. The van der Waals surface area contributed by atoms with Crippen LogP contribution in [0.5, 0.6) is 0 Å². The predicted octanol–water partition coefficient (Wildman–Crippen LogP) is 2.84. The van der Waals surface area contributed by atoms with E-state index < -0.39 is 11.4 Å². The fourth-order valence-electron chi connectivity index (χ4n) is 2.67. The van der Waals surface area contributed by atoms with Crippen LogP contribution in [0.2, 0.25) is 0 Å². The summed E-state index contributed by atoms with van der Waals surface area (Å²) in [7, 11) is 0. The summed E-state index contributed by atoms with van der Waals surface area (Å²) in [4.78, 5) is 23.4. The normalized spacial score (nSPS) is 25.8. The Labute approximate surface area is 118 Å². The molecule has 1 aliphatic carbocycles. The van der Waals surface area contributed by atoms with Gasteiger partial charge in [0.25, 0.3) is 0 Å². The molecule has 0 bridgehead atoms. The second-order valence-electron chi connectivity index (χ2n) is 5.49. The van der Waals surface area contributed by atoms with Crippen molar-refractivity contribution in [2.24, 2.45) is 5.41 Å². The summed E-state index contributed by atoms with van der Waals surface area (Å²) in [6.07, 6.45) is 3.13. The minimum Gasteiger partial charge on any atom is -0.481 e. The molecule has 2 amide bonds. The summed E-state index contributed by atoms with van der Waals surface area (Å²) < 4.78 is 0. The molecule has 1 fully saturated rings. The fraction of sp³-hybridized carbons (Fsp3) is 0.467. The molecule has 1 aromatic rings. The van der Waals surface area contributed by atoms with Crippen molar-refractivity contribution < 1.29 is 14.7 Å². The second-order valence-corrected chi connectivity index (χ2v) is 5.49. The zero-order valence-electron chi connectivity index (χ0n) is 11.6. The molecule has 20 heavy (non-hydrogen) atoms. The first-order valence-electron chi connectivity index (χ1n) is 6.88. The van der Waals surface area contributed by atoms with Crippen molar-refractivity contribution in [1.82, 2.24) is 5.32 Å². The van der Waals surface area contributed by atoms with Gasteiger partial charge in [0.2, 0.25) is 0 Å². The molecule has 0 aromatic heterocycles. The fourth-order valence-corrected chi connectivity index (χ4v) is 2.67. The number of amides is 2. The summed E-state index contributed by atoms with van der Waals surface area (Å²) >= 11 is 0. The Morgan fingerprint density at radius 2 is 1.95 bits per heavy atom. The van der Waals surface area contributed by atoms with Crippen LogP contribution in [0, 0.1) is 5.41 Å². The van der Waals surface area contributed by atoms with Crippen molar-refractivity contribution in [3.8, 4) is 0 Å². The number of hydrogen-bond acceptors (Lipinski definition) is 2. The molecular formula is C15H20N2O3. The van der Waals surface area contributed by atoms with Crippen LogP contribution in [-0.4, -0.2) is 23.1 Å². The third-order valence-electron chi connectivity index (χ3n) is 4.03. The van der Waals surface area contributed by atoms with Crippen LogP contribution in [0.1, 0.15) is 32.6 Å². The Morgan fingerprint density at radius 1 is 1.25 bits per heavy atom. The van der Waals surface area contributed by atoms with E-state index in [1.165, 1.54) is 0 Å². The maximum absolute atomic E-state index is 12.0. The standard InChI is InChI=1S/C15H20N2O3/c1-15(13(18)19)10-6-5-9-12(15)17-14(20)16-11-7-3-2-4-8-11/h2-4,7-8,12H,5-6,9-10H2,1H3,(H,18,19)(H2,16,17,20). The van der Waals surface area contributed by atoms with Gasteiger partial charge in [0.05, 0.1) is 5.41 Å². The molecule has 1 saturated carbocycles. The van der Waals surface area contributed by atoms with Crippen LogP contribution in [0.3, 0.4) is 0 Å². The number of carbonyl (C=O) groups excluding carboxylic acids is 1. The molecule has 0 heterocycles.